The molecule has 0 spiro atoms. The first-order valence-corrected chi connectivity index (χ1v) is 7.59. The summed E-state index contributed by atoms with van der Waals surface area (Å²) in [7, 11) is 0. The van der Waals surface area contributed by atoms with Gasteiger partial charge < -0.3 is 15.7 Å². The van der Waals surface area contributed by atoms with E-state index in [1.54, 1.807) is 0 Å². The van der Waals surface area contributed by atoms with Crippen LogP contribution in [0.3, 0.4) is 0 Å². The number of urea groups is 1. The van der Waals surface area contributed by atoms with E-state index in [1.807, 2.05) is 42.5 Å². The molecule has 0 saturated heterocycles. The smallest absolute Gasteiger partial charge is 0.319 e. The molecule has 0 saturated carbocycles. The summed E-state index contributed by atoms with van der Waals surface area (Å²) in [6.45, 7) is 0.0705. The molecule has 4 nitrogen and oxygen atoms in total. The molecule has 24 heavy (non-hydrogen) atoms. The van der Waals surface area contributed by atoms with Crippen molar-refractivity contribution in [3.63, 3.8) is 0 Å². The first-order chi connectivity index (χ1) is 11.6. The highest BCUT2D eigenvalue weighted by molar-refractivity contribution is 5.89. The average molecular weight is 324 g/mol. The topological polar surface area (TPSA) is 61.4 Å². The molecule has 3 aromatic carbocycles. The second-order valence-corrected chi connectivity index (χ2v) is 5.43. The molecule has 5 heteroatoms. The Bertz CT molecular complexity index is 844. The van der Waals surface area contributed by atoms with Crippen LogP contribution in [0.1, 0.15) is 11.7 Å². The predicted molar refractivity (Wildman–Crippen MR) is 92.3 cm³/mol. The zero-order valence-corrected chi connectivity index (χ0v) is 12.9. The fourth-order valence-electron chi connectivity index (χ4n) is 2.55. The summed E-state index contributed by atoms with van der Waals surface area (Å²) in [6, 6.07) is 18.5. The monoisotopic (exact) mass is 324 g/mol. The number of hydrogen-bond acceptors (Lipinski definition) is 2. The molecule has 2 amide bonds. The Hall–Kier alpha value is -2.92. The zero-order valence-electron chi connectivity index (χ0n) is 12.9. The van der Waals surface area contributed by atoms with E-state index in [2.05, 4.69) is 10.6 Å². The Balaban J connectivity index is 1.63. The van der Waals surface area contributed by atoms with Crippen LogP contribution in [-0.4, -0.2) is 17.7 Å². The Morgan fingerprint density at radius 2 is 1.71 bits per heavy atom. The lowest BCUT2D eigenvalue weighted by atomic mass is 10.0. The van der Waals surface area contributed by atoms with Crippen molar-refractivity contribution in [1.82, 2.24) is 5.32 Å². The van der Waals surface area contributed by atoms with Crippen molar-refractivity contribution >= 4 is 22.5 Å². The molecule has 0 fully saturated rings. The number of anilines is 1. The van der Waals surface area contributed by atoms with Crippen LogP contribution in [0.5, 0.6) is 0 Å². The first kappa shape index (κ1) is 16.0. The number of hydrogen-bond donors (Lipinski definition) is 3. The van der Waals surface area contributed by atoms with Gasteiger partial charge in [-0.15, -0.1) is 0 Å². The Morgan fingerprint density at radius 3 is 2.50 bits per heavy atom. The fourth-order valence-corrected chi connectivity index (χ4v) is 2.55. The van der Waals surface area contributed by atoms with Crippen LogP contribution in [-0.2, 0) is 0 Å². The van der Waals surface area contributed by atoms with Gasteiger partial charge in [0.1, 0.15) is 5.82 Å². The van der Waals surface area contributed by atoms with Gasteiger partial charge in [-0.1, -0.05) is 42.5 Å². The molecule has 3 aromatic rings. The van der Waals surface area contributed by atoms with Crippen molar-refractivity contribution in [3.05, 3.63) is 78.1 Å². The summed E-state index contributed by atoms with van der Waals surface area (Å²) >= 11 is 0. The molecule has 0 heterocycles. The Kier molecular flexibility index (Phi) is 4.72. The second-order valence-electron chi connectivity index (χ2n) is 5.43. The summed E-state index contributed by atoms with van der Waals surface area (Å²) in [5.74, 6) is -0.368. The molecule has 1 atom stereocenters. The van der Waals surface area contributed by atoms with Crippen molar-refractivity contribution in [2.45, 2.75) is 6.10 Å². The van der Waals surface area contributed by atoms with Gasteiger partial charge in [0.05, 0.1) is 6.10 Å². The van der Waals surface area contributed by atoms with Gasteiger partial charge in [0, 0.05) is 12.2 Å². The van der Waals surface area contributed by atoms with Crippen LogP contribution in [0.4, 0.5) is 14.9 Å². The van der Waals surface area contributed by atoms with Gasteiger partial charge >= 0.3 is 6.03 Å². The van der Waals surface area contributed by atoms with Crippen molar-refractivity contribution in [2.75, 3.05) is 11.9 Å². The molecule has 0 aliphatic rings. The van der Waals surface area contributed by atoms with E-state index in [-0.39, 0.29) is 12.4 Å². The van der Waals surface area contributed by atoms with E-state index in [0.717, 1.165) is 16.3 Å². The minimum atomic E-state index is -0.824. The molecule has 1 unspecified atom stereocenters. The molecule has 0 aliphatic heterocycles. The van der Waals surface area contributed by atoms with Crippen LogP contribution in [0.25, 0.3) is 10.8 Å². The lowest BCUT2D eigenvalue weighted by molar-refractivity contribution is 0.176. The number of aliphatic hydroxyl groups is 1. The summed E-state index contributed by atoms with van der Waals surface area (Å²) in [5.41, 5.74) is 1.24. The van der Waals surface area contributed by atoms with Crippen LogP contribution < -0.4 is 10.6 Å². The van der Waals surface area contributed by atoms with Gasteiger partial charge in [-0.3, -0.25) is 0 Å². The van der Waals surface area contributed by atoms with Crippen LogP contribution >= 0.6 is 0 Å². The molecule has 3 N–H and O–H groups in total. The maximum atomic E-state index is 12.8. The molecule has 0 aromatic heterocycles. The van der Waals surface area contributed by atoms with E-state index in [0.29, 0.717) is 5.69 Å². The van der Waals surface area contributed by atoms with Crippen LogP contribution in [0.2, 0.25) is 0 Å². The minimum absolute atomic E-state index is 0.0705. The van der Waals surface area contributed by atoms with Gasteiger partial charge in [0.2, 0.25) is 0 Å². The van der Waals surface area contributed by atoms with Crippen molar-refractivity contribution in [3.8, 4) is 0 Å². The SMILES string of the molecule is O=C(NCC(O)c1cccc2ccccc12)Nc1ccc(F)cc1. The van der Waals surface area contributed by atoms with E-state index < -0.39 is 12.1 Å². The van der Waals surface area contributed by atoms with Gasteiger partial charge in [-0.25, -0.2) is 9.18 Å². The number of benzene rings is 3. The number of carbonyl (C=O) groups excluding carboxylic acids is 1. The quantitative estimate of drug-likeness (QED) is 0.683. The number of amides is 2. The third-order valence-electron chi connectivity index (χ3n) is 3.74. The molecular formula is C19H17FN2O2. The molecular weight excluding hydrogens is 307 g/mol. The van der Waals surface area contributed by atoms with E-state index >= 15 is 0 Å². The highest BCUT2D eigenvalue weighted by Crippen LogP contribution is 2.23. The maximum absolute atomic E-state index is 12.8. The number of aliphatic hydroxyl groups excluding tert-OH is 1. The summed E-state index contributed by atoms with van der Waals surface area (Å²) in [5, 5.41) is 17.6. The van der Waals surface area contributed by atoms with Gasteiger partial charge in [0.15, 0.2) is 0 Å². The predicted octanol–water partition coefficient (Wildman–Crippen LogP) is 3.83. The first-order valence-electron chi connectivity index (χ1n) is 7.59. The highest BCUT2D eigenvalue weighted by atomic mass is 19.1. The summed E-state index contributed by atoms with van der Waals surface area (Å²) in [6.07, 6.45) is -0.824. The molecule has 0 radical (unpaired) electrons. The van der Waals surface area contributed by atoms with E-state index in [1.165, 1.54) is 24.3 Å². The van der Waals surface area contributed by atoms with Gasteiger partial charge in [-0.05, 0) is 40.6 Å². The zero-order chi connectivity index (χ0) is 16.9. The summed E-state index contributed by atoms with van der Waals surface area (Å²) < 4.78 is 12.8. The standard InChI is InChI=1S/C19H17FN2O2/c20-14-8-10-15(11-9-14)22-19(24)21-12-18(23)17-7-3-5-13-4-1-2-6-16(13)17/h1-11,18,23H,12H2,(H2,21,22,24). The van der Waals surface area contributed by atoms with Crippen LogP contribution in [0, 0.1) is 5.82 Å². The van der Waals surface area contributed by atoms with Crippen molar-refractivity contribution in [2.24, 2.45) is 0 Å². The summed E-state index contributed by atoms with van der Waals surface area (Å²) in [4.78, 5) is 11.9. The molecule has 122 valence electrons. The maximum Gasteiger partial charge on any atom is 0.319 e. The molecule has 3 rings (SSSR count). The number of halogens is 1. The lowest BCUT2D eigenvalue weighted by Crippen LogP contribution is -2.32. The normalized spacial score (nSPS) is 11.9. The minimum Gasteiger partial charge on any atom is -0.387 e. The van der Waals surface area contributed by atoms with Crippen molar-refractivity contribution in [1.29, 1.82) is 0 Å². The number of nitrogens with one attached hydrogen (secondary N) is 2. The average Bonchev–Trinajstić information content (AvgIpc) is 2.61. The van der Waals surface area contributed by atoms with E-state index in [9.17, 15) is 14.3 Å². The van der Waals surface area contributed by atoms with Crippen molar-refractivity contribution < 1.29 is 14.3 Å². The Labute approximate surface area is 138 Å². The largest absolute Gasteiger partial charge is 0.387 e. The number of rotatable bonds is 4. The fraction of sp³-hybridized carbons (Fsp3) is 0.105. The molecule has 0 aliphatic carbocycles. The van der Waals surface area contributed by atoms with Crippen LogP contribution in [0.15, 0.2) is 66.7 Å². The lowest BCUT2D eigenvalue weighted by Gasteiger charge is -2.15. The third kappa shape index (κ3) is 3.70. The highest BCUT2D eigenvalue weighted by Gasteiger charge is 2.12. The number of fused-ring (bicyclic) bond motifs is 1. The van der Waals surface area contributed by atoms with E-state index in [4.69, 9.17) is 0 Å². The van der Waals surface area contributed by atoms with Gasteiger partial charge in [-0.2, -0.15) is 0 Å². The Morgan fingerprint density at radius 1 is 1.00 bits per heavy atom. The van der Waals surface area contributed by atoms with Gasteiger partial charge in [0.25, 0.3) is 0 Å². The molecule has 0 bridgehead atoms. The number of carbonyl (C=O) groups is 1. The third-order valence-corrected chi connectivity index (χ3v) is 3.74. The second kappa shape index (κ2) is 7.10.